The first-order valence-electron chi connectivity index (χ1n) is 10.5. The molecule has 8 heteroatoms. The molecule has 5 aliphatic rings. The fourth-order valence-corrected chi connectivity index (χ4v) is 6.47. The minimum Gasteiger partial charge on any atom is -0.369 e. The van der Waals surface area contributed by atoms with E-state index < -0.39 is 11.6 Å². The molecule has 8 nitrogen and oxygen atoms in total. The molecular weight excluding hydrogens is 346 g/mol. The van der Waals surface area contributed by atoms with Gasteiger partial charge in [0.05, 0.1) is 0 Å². The van der Waals surface area contributed by atoms with E-state index in [2.05, 4.69) is 17.3 Å². The average Bonchev–Trinajstić information content (AvgIpc) is 2.96. The summed E-state index contributed by atoms with van der Waals surface area (Å²) in [5.74, 6) is 8.87. The van der Waals surface area contributed by atoms with Crippen molar-refractivity contribution < 1.29 is 14.5 Å². The van der Waals surface area contributed by atoms with E-state index in [9.17, 15) is 0 Å². The number of nitrogens with one attached hydrogen (secondary N) is 1. The Balaban J connectivity index is 1.19. The molecule has 1 aliphatic heterocycles. The van der Waals surface area contributed by atoms with Crippen molar-refractivity contribution in [3.63, 3.8) is 0 Å². The average molecular weight is 380 g/mol. The molecule has 6 unspecified atom stereocenters. The number of nitrogens with zero attached hydrogens (tertiary/aromatic N) is 2. The minimum absolute atomic E-state index is 0.349. The van der Waals surface area contributed by atoms with E-state index in [1.807, 2.05) is 0 Å². The predicted molar refractivity (Wildman–Crippen MR) is 99.2 cm³/mol. The predicted octanol–water partition coefficient (Wildman–Crippen LogP) is 1.48. The van der Waals surface area contributed by atoms with Gasteiger partial charge in [0.15, 0.2) is 0 Å². The summed E-state index contributed by atoms with van der Waals surface area (Å²) in [5, 5.41) is 1.30. The fraction of sp³-hybridized carbons (Fsp3) is 0.947. The van der Waals surface area contributed by atoms with Crippen LogP contribution in [-0.2, 0) is 14.5 Å². The van der Waals surface area contributed by atoms with E-state index in [-0.39, 0.29) is 0 Å². The topological polar surface area (TPSA) is 107 Å². The Hall–Kier alpha value is -0.930. The number of hydrogen-bond acceptors (Lipinski definition) is 6. The van der Waals surface area contributed by atoms with Crippen LogP contribution < -0.4 is 17.0 Å². The zero-order chi connectivity index (χ0) is 18.8. The standard InChI is InChI=1S/C19H33N5O3/c1-11-7-13-8-14-9-15(16(13)14)19(11)25-18(26-27-19)5-3-12(4-6-18)10-22-17(20)23-24(2)21/h11-16H,3-10,21H2,1-2H3,(H3,20,22,23). The van der Waals surface area contributed by atoms with Crippen LogP contribution in [0.5, 0.6) is 0 Å². The van der Waals surface area contributed by atoms with Crippen LogP contribution >= 0.6 is 0 Å². The van der Waals surface area contributed by atoms with E-state index >= 15 is 0 Å². The van der Waals surface area contributed by atoms with E-state index in [1.54, 1.807) is 7.05 Å². The maximum Gasteiger partial charge on any atom is 0.210 e. The van der Waals surface area contributed by atoms with Gasteiger partial charge >= 0.3 is 0 Å². The second kappa shape index (κ2) is 6.29. The molecule has 0 aromatic heterocycles. The number of rotatable bonds is 3. The van der Waals surface area contributed by atoms with Gasteiger partial charge in [-0.15, -0.1) is 0 Å². The zero-order valence-electron chi connectivity index (χ0n) is 16.4. The van der Waals surface area contributed by atoms with Crippen LogP contribution in [0.3, 0.4) is 0 Å². The van der Waals surface area contributed by atoms with E-state index in [1.165, 1.54) is 24.4 Å². The van der Waals surface area contributed by atoms with Gasteiger partial charge in [0.1, 0.15) is 0 Å². The van der Waals surface area contributed by atoms with Crippen molar-refractivity contribution in [2.24, 2.45) is 52.1 Å². The Morgan fingerprint density at radius 3 is 2.63 bits per heavy atom. The molecule has 0 amide bonds. The summed E-state index contributed by atoms with van der Waals surface area (Å²) in [7, 11) is 1.68. The first-order valence-corrected chi connectivity index (χ1v) is 10.5. The van der Waals surface area contributed by atoms with Gasteiger partial charge in [-0.1, -0.05) is 6.92 Å². The third-order valence-corrected chi connectivity index (χ3v) is 7.92. The summed E-state index contributed by atoms with van der Waals surface area (Å²) >= 11 is 0. The van der Waals surface area contributed by atoms with Crippen molar-refractivity contribution in [1.29, 1.82) is 0 Å². The van der Waals surface area contributed by atoms with Gasteiger partial charge in [0, 0.05) is 38.3 Å². The van der Waals surface area contributed by atoms with Crippen LogP contribution in [0.15, 0.2) is 4.99 Å². The Labute approximate surface area is 160 Å². The smallest absolute Gasteiger partial charge is 0.210 e. The first kappa shape index (κ1) is 18.1. The molecule has 0 aromatic rings. The monoisotopic (exact) mass is 379 g/mol. The van der Waals surface area contributed by atoms with Gasteiger partial charge in [0.25, 0.3) is 0 Å². The van der Waals surface area contributed by atoms with Crippen LogP contribution in [0, 0.1) is 35.5 Å². The number of fused-ring (bicyclic) bond motifs is 1. The lowest BCUT2D eigenvalue weighted by atomic mass is 9.40. The maximum atomic E-state index is 6.72. The molecular formula is C19H33N5O3. The largest absolute Gasteiger partial charge is 0.369 e. The summed E-state index contributed by atoms with van der Waals surface area (Å²) < 4.78 is 6.72. The number of hydrogen-bond donors (Lipinski definition) is 3. The molecule has 27 heavy (non-hydrogen) atoms. The Bertz CT molecular complexity index is 620. The molecule has 0 bridgehead atoms. The summed E-state index contributed by atoms with van der Waals surface area (Å²) in [6.45, 7) is 2.98. The fourth-order valence-electron chi connectivity index (χ4n) is 6.47. The molecule has 4 aliphatic carbocycles. The van der Waals surface area contributed by atoms with E-state index in [0.717, 1.165) is 43.4 Å². The third-order valence-electron chi connectivity index (χ3n) is 7.92. The molecule has 2 spiro atoms. The third kappa shape index (κ3) is 2.80. The molecule has 1 saturated heterocycles. The summed E-state index contributed by atoms with van der Waals surface area (Å²) in [5.41, 5.74) is 8.58. The highest BCUT2D eigenvalue weighted by Gasteiger charge is 2.71. The van der Waals surface area contributed by atoms with Gasteiger partial charge in [-0.05, 0) is 55.8 Å². The second-order valence-electron chi connectivity index (χ2n) is 9.60. The molecule has 6 atom stereocenters. The lowest BCUT2D eigenvalue weighted by Gasteiger charge is -2.67. The molecule has 5 N–H and O–H groups in total. The highest BCUT2D eigenvalue weighted by atomic mass is 17.3. The molecule has 5 rings (SSSR count). The second-order valence-corrected chi connectivity index (χ2v) is 9.60. The quantitative estimate of drug-likeness (QED) is 0.224. The molecule has 0 aromatic carbocycles. The normalized spacial score (nSPS) is 51.2. The molecule has 4 saturated carbocycles. The van der Waals surface area contributed by atoms with Crippen molar-refractivity contribution in [1.82, 2.24) is 10.5 Å². The Kier molecular flexibility index (Phi) is 4.22. The van der Waals surface area contributed by atoms with E-state index in [4.69, 9.17) is 26.1 Å². The maximum absolute atomic E-state index is 6.72. The Morgan fingerprint density at radius 2 is 1.93 bits per heavy atom. The molecule has 152 valence electrons. The van der Waals surface area contributed by atoms with Gasteiger partial charge in [-0.2, -0.15) is 14.9 Å². The zero-order valence-corrected chi connectivity index (χ0v) is 16.4. The molecule has 0 radical (unpaired) electrons. The minimum atomic E-state index is -0.558. The van der Waals surface area contributed by atoms with Crippen LogP contribution in [0.4, 0.5) is 0 Å². The highest BCUT2D eigenvalue weighted by Crippen LogP contribution is 2.70. The molecule has 5 fully saturated rings. The first-order chi connectivity index (χ1) is 12.9. The van der Waals surface area contributed by atoms with Crippen LogP contribution in [0.25, 0.3) is 0 Å². The van der Waals surface area contributed by atoms with Crippen molar-refractivity contribution in [2.75, 3.05) is 13.6 Å². The van der Waals surface area contributed by atoms with Crippen molar-refractivity contribution >= 4 is 5.96 Å². The van der Waals surface area contributed by atoms with Crippen LogP contribution in [0.1, 0.15) is 51.9 Å². The van der Waals surface area contributed by atoms with Crippen LogP contribution in [0.2, 0.25) is 0 Å². The van der Waals surface area contributed by atoms with Crippen molar-refractivity contribution in [3.05, 3.63) is 0 Å². The lowest BCUT2D eigenvalue weighted by molar-refractivity contribution is -0.404. The van der Waals surface area contributed by atoms with Gasteiger partial charge < -0.3 is 10.5 Å². The highest BCUT2D eigenvalue weighted by molar-refractivity contribution is 5.77. The number of hydrazine groups is 2. The van der Waals surface area contributed by atoms with E-state index in [0.29, 0.717) is 30.3 Å². The number of guanidine groups is 1. The lowest BCUT2D eigenvalue weighted by Crippen LogP contribution is -2.67. The number of aliphatic imine (C=N–C) groups is 1. The SMILES string of the molecule is CC1CC2CC3CC(C23)C12OOC1(CCC(CN=C(N)NN(C)N)CC1)O2. The van der Waals surface area contributed by atoms with Gasteiger partial charge in [-0.3, -0.25) is 16.3 Å². The van der Waals surface area contributed by atoms with Gasteiger partial charge in [-0.25, -0.2) is 0 Å². The Morgan fingerprint density at radius 1 is 1.19 bits per heavy atom. The van der Waals surface area contributed by atoms with Crippen molar-refractivity contribution in [2.45, 2.75) is 63.4 Å². The van der Waals surface area contributed by atoms with Crippen LogP contribution in [-0.4, -0.2) is 36.2 Å². The number of ether oxygens (including phenoxy) is 1. The molecule has 1 heterocycles. The van der Waals surface area contributed by atoms with Crippen molar-refractivity contribution in [3.8, 4) is 0 Å². The summed E-state index contributed by atoms with van der Waals surface area (Å²) in [6, 6.07) is 0. The summed E-state index contributed by atoms with van der Waals surface area (Å²) in [4.78, 5) is 16.4. The van der Waals surface area contributed by atoms with Gasteiger partial charge in [0.2, 0.25) is 17.5 Å². The summed E-state index contributed by atoms with van der Waals surface area (Å²) in [6.07, 6.45) is 7.62. The number of nitrogens with two attached hydrogens (primary N) is 2.